The number of nitrogens with two attached hydrogens (primary N) is 1. The Morgan fingerprint density at radius 1 is 0.625 bits per heavy atom. The molecule has 1 aromatic heterocycles. The Balaban J connectivity index is 1.66. The molecule has 0 aromatic carbocycles. The van der Waals surface area contributed by atoms with Crippen LogP contribution in [0.15, 0.2) is 5.38 Å². The van der Waals surface area contributed by atoms with Crippen molar-refractivity contribution in [3.8, 4) is 0 Å². The molecule has 0 aliphatic carbocycles. The second-order valence-corrected chi connectivity index (χ2v) is 7.70. The molecule has 0 aliphatic rings. The predicted molar refractivity (Wildman–Crippen MR) is 107 cm³/mol. The number of hydrogen-bond donors (Lipinski definition) is 1. The molecule has 1 heterocycles. The van der Waals surface area contributed by atoms with Crippen LogP contribution in [-0.2, 0) is 6.42 Å². The standard InChI is InChI=1S/C20H39N3S/c21-18-16-14-12-10-8-6-4-2-1-3-5-7-9-11-13-15-17-20-19-24-23-22-20/h19H,1-18,21H2. The van der Waals surface area contributed by atoms with Crippen LogP contribution in [0.1, 0.15) is 108 Å². The summed E-state index contributed by atoms with van der Waals surface area (Å²) in [6.45, 7) is 0.865. The van der Waals surface area contributed by atoms with E-state index in [1.807, 2.05) is 0 Å². The van der Waals surface area contributed by atoms with Gasteiger partial charge in [-0.1, -0.05) is 94.4 Å². The minimum absolute atomic E-state index is 0.865. The molecule has 0 saturated carbocycles. The van der Waals surface area contributed by atoms with Gasteiger partial charge in [0.2, 0.25) is 0 Å². The Morgan fingerprint density at radius 3 is 1.42 bits per heavy atom. The minimum atomic E-state index is 0.865. The van der Waals surface area contributed by atoms with Crippen molar-refractivity contribution in [3.63, 3.8) is 0 Å². The largest absolute Gasteiger partial charge is 0.330 e. The maximum absolute atomic E-state index is 5.50. The zero-order valence-corrected chi connectivity index (χ0v) is 16.5. The Hall–Kier alpha value is -0.480. The topological polar surface area (TPSA) is 51.8 Å². The Bertz CT molecular complexity index is 341. The Labute approximate surface area is 154 Å². The van der Waals surface area contributed by atoms with Crippen molar-refractivity contribution in [2.75, 3.05) is 6.54 Å². The van der Waals surface area contributed by atoms with Gasteiger partial charge in [0.05, 0.1) is 5.69 Å². The third kappa shape index (κ3) is 13.9. The van der Waals surface area contributed by atoms with Crippen molar-refractivity contribution >= 4 is 11.5 Å². The molecule has 2 N–H and O–H groups in total. The first-order chi connectivity index (χ1) is 11.9. The van der Waals surface area contributed by atoms with Gasteiger partial charge in [0, 0.05) is 5.38 Å². The maximum Gasteiger partial charge on any atom is 0.0755 e. The van der Waals surface area contributed by atoms with E-state index in [4.69, 9.17) is 5.73 Å². The summed E-state index contributed by atoms with van der Waals surface area (Å²) in [5.74, 6) is 0. The molecule has 0 amide bonds. The number of rotatable bonds is 18. The summed E-state index contributed by atoms with van der Waals surface area (Å²) in [6, 6.07) is 0. The van der Waals surface area contributed by atoms with E-state index in [1.165, 1.54) is 120 Å². The average Bonchev–Trinajstić information content (AvgIpc) is 3.11. The van der Waals surface area contributed by atoms with Crippen LogP contribution in [0.5, 0.6) is 0 Å². The van der Waals surface area contributed by atoms with Crippen LogP contribution in [0.4, 0.5) is 0 Å². The van der Waals surface area contributed by atoms with Crippen LogP contribution in [-0.4, -0.2) is 16.1 Å². The summed E-state index contributed by atoms with van der Waals surface area (Å²) < 4.78 is 3.90. The van der Waals surface area contributed by atoms with Crippen molar-refractivity contribution in [3.05, 3.63) is 11.1 Å². The fourth-order valence-corrected chi connectivity index (χ4v) is 3.70. The van der Waals surface area contributed by atoms with E-state index >= 15 is 0 Å². The van der Waals surface area contributed by atoms with Gasteiger partial charge >= 0.3 is 0 Å². The molecule has 0 radical (unpaired) electrons. The molecule has 1 rings (SSSR count). The second-order valence-electron chi connectivity index (χ2n) is 7.09. The summed E-state index contributed by atoms with van der Waals surface area (Å²) in [5, 5.41) is 6.16. The van der Waals surface area contributed by atoms with E-state index < -0.39 is 0 Å². The second kappa shape index (κ2) is 17.3. The molecule has 1 aromatic rings. The molecule has 0 spiro atoms. The summed E-state index contributed by atoms with van der Waals surface area (Å²) >= 11 is 1.46. The van der Waals surface area contributed by atoms with E-state index in [0.717, 1.165) is 13.0 Å². The highest BCUT2D eigenvalue weighted by molar-refractivity contribution is 7.03. The van der Waals surface area contributed by atoms with Crippen LogP contribution in [0, 0.1) is 0 Å². The highest BCUT2D eigenvalue weighted by Crippen LogP contribution is 2.14. The van der Waals surface area contributed by atoms with Gasteiger partial charge < -0.3 is 5.73 Å². The van der Waals surface area contributed by atoms with E-state index in [9.17, 15) is 0 Å². The van der Waals surface area contributed by atoms with Crippen LogP contribution in [0.2, 0.25) is 0 Å². The Kier molecular flexibility index (Phi) is 15.6. The van der Waals surface area contributed by atoms with Crippen LogP contribution in [0.25, 0.3) is 0 Å². The zero-order chi connectivity index (χ0) is 17.1. The first-order valence-electron chi connectivity index (χ1n) is 10.4. The first-order valence-corrected chi connectivity index (χ1v) is 11.2. The predicted octanol–water partition coefficient (Wildman–Crippen LogP) is 6.28. The third-order valence-electron chi connectivity index (χ3n) is 4.79. The molecule has 24 heavy (non-hydrogen) atoms. The van der Waals surface area contributed by atoms with Gasteiger partial charge in [-0.05, 0) is 37.3 Å². The highest BCUT2D eigenvalue weighted by atomic mass is 32.1. The molecular weight excluding hydrogens is 314 g/mol. The van der Waals surface area contributed by atoms with Crippen LogP contribution < -0.4 is 5.73 Å². The van der Waals surface area contributed by atoms with E-state index in [2.05, 4.69) is 15.0 Å². The summed E-state index contributed by atoms with van der Waals surface area (Å²) in [5.41, 5.74) is 6.68. The van der Waals surface area contributed by atoms with E-state index in [1.54, 1.807) is 0 Å². The molecule has 0 aliphatic heterocycles. The van der Waals surface area contributed by atoms with Crippen molar-refractivity contribution in [1.29, 1.82) is 0 Å². The van der Waals surface area contributed by atoms with Gasteiger partial charge in [0.25, 0.3) is 0 Å². The lowest BCUT2D eigenvalue weighted by Gasteiger charge is -2.03. The van der Waals surface area contributed by atoms with Crippen molar-refractivity contribution in [2.45, 2.75) is 109 Å². The average molecular weight is 354 g/mol. The molecule has 0 bridgehead atoms. The first kappa shape index (κ1) is 21.6. The summed E-state index contributed by atoms with van der Waals surface area (Å²) in [4.78, 5) is 0. The van der Waals surface area contributed by atoms with Gasteiger partial charge in [-0.25, -0.2) is 0 Å². The number of unbranched alkanes of at least 4 members (excludes halogenated alkanes) is 15. The summed E-state index contributed by atoms with van der Waals surface area (Å²) in [7, 11) is 0. The smallest absolute Gasteiger partial charge is 0.0755 e. The molecular formula is C20H39N3S. The van der Waals surface area contributed by atoms with Crippen LogP contribution >= 0.6 is 11.5 Å². The maximum atomic E-state index is 5.50. The van der Waals surface area contributed by atoms with Crippen molar-refractivity contribution in [2.24, 2.45) is 5.73 Å². The highest BCUT2D eigenvalue weighted by Gasteiger charge is 1.97. The molecule has 0 saturated heterocycles. The van der Waals surface area contributed by atoms with Crippen molar-refractivity contribution in [1.82, 2.24) is 9.59 Å². The zero-order valence-electron chi connectivity index (χ0n) is 15.7. The summed E-state index contributed by atoms with van der Waals surface area (Å²) in [6.07, 6.45) is 23.4. The SMILES string of the molecule is NCCCCCCCCCCCCCCCCCCc1csnn1. The Morgan fingerprint density at radius 2 is 1.04 bits per heavy atom. The number of hydrogen-bond acceptors (Lipinski definition) is 4. The normalized spacial score (nSPS) is 11.2. The van der Waals surface area contributed by atoms with Gasteiger partial charge in [-0.15, -0.1) is 5.10 Å². The van der Waals surface area contributed by atoms with Crippen LogP contribution in [0.3, 0.4) is 0 Å². The quantitative estimate of drug-likeness (QED) is 0.316. The van der Waals surface area contributed by atoms with Crippen molar-refractivity contribution < 1.29 is 0 Å². The third-order valence-corrected chi connectivity index (χ3v) is 5.35. The van der Waals surface area contributed by atoms with E-state index in [0.29, 0.717) is 0 Å². The number of aryl methyl sites for hydroxylation is 1. The number of nitrogens with zero attached hydrogens (tertiary/aromatic N) is 2. The van der Waals surface area contributed by atoms with Gasteiger partial charge in [0.1, 0.15) is 0 Å². The lowest BCUT2D eigenvalue weighted by atomic mass is 10.0. The molecule has 4 heteroatoms. The minimum Gasteiger partial charge on any atom is -0.330 e. The molecule has 0 fully saturated rings. The molecule has 0 unspecified atom stereocenters. The van der Waals surface area contributed by atoms with Gasteiger partial charge in [0.15, 0.2) is 0 Å². The van der Waals surface area contributed by atoms with Gasteiger partial charge in [-0.3, -0.25) is 0 Å². The fourth-order valence-electron chi connectivity index (χ4n) is 3.22. The lowest BCUT2D eigenvalue weighted by Crippen LogP contribution is -1.97. The van der Waals surface area contributed by atoms with Gasteiger partial charge in [-0.2, -0.15) is 0 Å². The molecule has 3 nitrogen and oxygen atoms in total. The molecule has 140 valence electrons. The monoisotopic (exact) mass is 353 g/mol. The lowest BCUT2D eigenvalue weighted by molar-refractivity contribution is 0.528. The van der Waals surface area contributed by atoms with E-state index in [-0.39, 0.29) is 0 Å². The fraction of sp³-hybridized carbons (Fsp3) is 0.900. The molecule has 0 atom stereocenters. The number of aromatic nitrogens is 2.